The maximum absolute atomic E-state index is 13.3. The fourth-order valence-corrected chi connectivity index (χ4v) is 5.01. The molecule has 2 N–H and O–H groups in total. The Kier molecular flexibility index (Phi) is 7.60. The topological polar surface area (TPSA) is 138 Å². The lowest BCUT2D eigenvalue weighted by atomic mass is 10.1. The summed E-state index contributed by atoms with van der Waals surface area (Å²) in [6.45, 7) is 12.5. The molecule has 2 aliphatic rings. The molecular formula is C28H33ClN8O5. The van der Waals surface area contributed by atoms with Crippen LogP contribution in [0.4, 0.5) is 21.0 Å². The molecule has 222 valence electrons. The smallest absolute Gasteiger partial charge is 0.349 e. The van der Waals surface area contributed by atoms with Crippen molar-refractivity contribution in [3.63, 3.8) is 0 Å². The van der Waals surface area contributed by atoms with Crippen LogP contribution in [0, 0.1) is 0 Å². The van der Waals surface area contributed by atoms with E-state index in [1.54, 1.807) is 47.3 Å². The number of anilines is 2. The van der Waals surface area contributed by atoms with Gasteiger partial charge in [-0.1, -0.05) is 16.8 Å². The first-order chi connectivity index (χ1) is 19.8. The first-order valence-corrected chi connectivity index (χ1v) is 13.6. The minimum atomic E-state index is -0.503. The first kappa shape index (κ1) is 29.3. The van der Waals surface area contributed by atoms with Gasteiger partial charge in [-0.05, 0) is 64.7 Å². The quantitative estimate of drug-likeness (QED) is 0.320. The second-order valence-corrected chi connectivity index (χ2v) is 11.8. The minimum absolute atomic E-state index is 0.0740. The second kappa shape index (κ2) is 10.9. The van der Waals surface area contributed by atoms with E-state index in [9.17, 15) is 14.7 Å². The van der Waals surface area contributed by atoms with Crippen molar-refractivity contribution in [1.82, 2.24) is 29.7 Å². The third-order valence-corrected chi connectivity index (χ3v) is 7.68. The van der Waals surface area contributed by atoms with Gasteiger partial charge in [-0.2, -0.15) is 4.68 Å². The van der Waals surface area contributed by atoms with E-state index in [-0.39, 0.29) is 37.0 Å². The van der Waals surface area contributed by atoms with E-state index in [1.165, 1.54) is 15.6 Å². The van der Waals surface area contributed by atoms with Crippen molar-refractivity contribution >= 4 is 58.5 Å². The van der Waals surface area contributed by atoms with Crippen molar-refractivity contribution in [1.29, 1.82) is 0 Å². The highest BCUT2D eigenvalue weighted by atomic mass is 35.5. The first-order valence-electron chi connectivity index (χ1n) is 13.2. The molecule has 3 aromatic rings. The summed E-state index contributed by atoms with van der Waals surface area (Å²) in [7, 11) is 1.63. The van der Waals surface area contributed by atoms with Crippen LogP contribution < -0.4 is 5.32 Å². The standard InChI is InChI=1S/C28H33ClN8O5/c1-27(2)13-41-15-35(27)25(39)34(6)12-20(30-5)17-7-10-22(38)19(11-17)31-23-18(29)8-9-21-24(23)32-33-37(21)26(40)36-16-42-14-28(36,3)4/h7-12,31,38H,5,13-16H2,1-4,6H3. The predicted octanol–water partition coefficient (Wildman–Crippen LogP) is 4.69. The van der Waals surface area contributed by atoms with E-state index in [0.717, 1.165) is 0 Å². The Labute approximate surface area is 247 Å². The van der Waals surface area contributed by atoms with Gasteiger partial charge in [0.15, 0.2) is 0 Å². The molecule has 0 radical (unpaired) electrons. The number of halogens is 1. The van der Waals surface area contributed by atoms with Crippen molar-refractivity contribution < 1.29 is 24.2 Å². The zero-order valence-corrected chi connectivity index (χ0v) is 24.8. The molecule has 13 nitrogen and oxygen atoms in total. The molecule has 2 aromatic carbocycles. The Bertz CT molecular complexity index is 1600. The lowest BCUT2D eigenvalue weighted by molar-refractivity contribution is 0.125. The SMILES string of the molecule is C=NC(=CN(C)C(=O)N1COCC1(C)C)c1ccc(O)c(Nc2c(Cl)ccc3c2nnn3C(=O)N2COCC2(C)C)c1. The Morgan fingerprint density at radius 3 is 2.40 bits per heavy atom. The molecule has 42 heavy (non-hydrogen) atoms. The van der Waals surface area contributed by atoms with E-state index in [1.807, 2.05) is 27.7 Å². The van der Waals surface area contributed by atoms with Crippen molar-refractivity contribution in [2.75, 3.05) is 39.0 Å². The molecule has 2 fully saturated rings. The molecular weight excluding hydrogens is 564 g/mol. The van der Waals surface area contributed by atoms with Gasteiger partial charge in [0, 0.05) is 18.8 Å². The molecule has 14 heteroatoms. The number of hydrogen-bond donors (Lipinski definition) is 2. The van der Waals surface area contributed by atoms with Crippen LogP contribution in [0.25, 0.3) is 16.7 Å². The number of nitrogens with zero attached hydrogens (tertiary/aromatic N) is 7. The van der Waals surface area contributed by atoms with Gasteiger partial charge in [0.1, 0.15) is 30.2 Å². The number of ether oxygens (including phenoxy) is 2. The number of hydrogen-bond acceptors (Lipinski definition) is 9. The highest BCUT2D eigenvalue weighted by Gasteiger charge is 2.39. The van der Waals surface area contributed by atoms with Crippen LogP contribution in [-0.2, 0) is 9.47 Å². The van der Waals surface area contributed by atoms with Gasteiger partial charge in [0.05, 0.1) is 46.4 Å². The highest BCUT2D eigenvalue weighted by molar-refractivity contribution is 6.35. The van der Waals surface area contributed by atoms with Gasteiger partial charge in [0.25, 0.3) is 0 Å². The summed E-state index contributed by atoms with van der Waals surface area (Å²) in [6.07, 6.45) is 1.56. The summed E-state index contributed by atoms with van der Waals surface area (Å²) in [5.74, 6) is -0.0740. The van der Waals surface area contributed by atoms with E-state index in [2.05, 4.69) is 27.3 Å². The van der Waals surface area contributed by atoms with Crippen LogP contribution in [0.5, 0.6) is 5.75 Å². The zero-order valence-electron chi connectivity index (χ0n) is 24.1. The molecule has 0 unspecified atom stereocenters. The van der Waals surface area contributed by atoms with Crippen molar-refractivity contribution in [2.24, 2.45) is 4.99 Å². The van der Waals surface area contributed by atoms with Crippen molar-refractivity contribution in [3.8, 4) is 5.75 Å². The summed E-state index contributed by atoms with van der Waals surface area (Å²) in [5.41, 5.74) is 1.40. The van der Waals surface area contributed by atoms with E-state index < -0.39 is 11.1 Å². The lowest BCUT2D eigenvalue weighted by Crippen LogP contribution is -2.48. The van der Waals surface area contributed by atoms with Crippen LogP contribution in [0.1, 0.15) is 33.3 Å². The number of aromatic hydroxyl groups is 1. The Morgan fingerprint density at radius 1 is 1.12 bits per heavy atom. The van der Waals surface area contributed by atoms with Gasteiger partial charge in [0.2, 0.25) is 0 Å². The highest BCUT2D eigenvalue weighted by Crippen LogP contribution is 2.37. The largest absolute Gasteiger partial charge is 0.506 e. The number of fused-ring (bicyclic) bond motifs is 1. The molecule has 0 aliphatic carbocycles. The maximum atomic E-state index is 13.3. The van der Waals surface area contributed by atoms with E-state index >= 15 is 0 Å². The number of amides is 3. The average molecular weight is 597 g/mol. The number of carbonyl (C=O) groups excluding carboxylic acids is 2. The molecule has 3 heterocycles. The van der Waals surface area contributed by atoms with Crippen LogP contribution >= 0.6 is 11.6 Å². The third kappa shape index (κ3) is 5.26. The number of urea groups is 1. The Balaban J connectivity index is 1.45. The van der Waals surface area contributed by atoms with Crippen LogP contribution in [0.2, 0.25) is 5.02 Å². The average Bonchev–Trinajstić information content (AvgIpc) is 3.64. The van der Waals surface area contributed by atoms with Gasteiger partial charge in [-0.15, -0.1) is 5.10 Å². The molecule has 3 amide bonds. The second-order valence-electron chi connectivity index (χ2n) is 11.4. The molecule has 0 atom stereocenters. The summed E-state index contributed by atoms with van der Waals surface area (Å²) in [5, 5.41) is 22.5. The molecule has 1 aromatic heterocycles. The van der Waals surface area contributed by atoms with Crippen LogP contribution in [0.3, 0.4) is 0 Å². The van der Waals surface area contributed by atoms with E-state index in [4.69, 9.17) is 21.1 Å². The van der Waals surface area contributed by atoms with E-state index in [0.29, 0.717) is 46.2 Å². The summed E-state index contributed by atoms with van der Waals surface area (Å²) in [6, 6.07) is 7.42. The van der Waals surface area contributed by atoms with Gasteiger partial charge >= 0.3 is 12.1 Å². The van der Waals surface area contributed by atoms with Crippen molar-refractivity contribution in [2.45, 2.75) is 38.8 Å². The summed E-state index contributed by atoms with van der Waals surface area (Å²) >= 11 is 6.55. The summed E-state index contributed by atoms with van der Waals surface area (Å²) < 4.78 is 12.2. The number of phenolic OH excluding ortho intramolecular Hbond substituents is 1. The number of rotatable bonds is 5. The Hall–Kier alpha value is -4.20. The number of benzene rings is 2. The molecule has 2 aliphatic heterocycles. The molecule has 2 saturated heterocycles. The minimum Gasteiger partial charge on any atom is -0.506 e. The lowest BCUT2D eigenvalue weighted by Gasteiger charge is -2.31. The van der Waals surface area contributed by atoms with Gasteiger partial charge < -0.3 is 24.8 Å². The summed E-state index contributed by atoms with van der Waals surface area (Å²) in [4.78, 5) is 35.1. The number of aliphatic imine (C=N–C) groups is 1. The van der Waals surface area contributed by atoms with Gasteiger partial charge in [-0.25, -0.2) is 9.59 Å². The molecule has 0 saturated carbocycles. The normalized spacial score (nSPS) is 18.0. The maximum Gasteiger partial charge on any atom is 0.349 e. The number of phenols is 1. The van der Waals surface area contributed by atoms with Crippen LogP contribution in [0.15, 0.2) is 41.5 Å². The van der Waals surface area contributed by atoms with Crippen LogP contribution in [-0.4, -0.2) is 98.4 Å². The number of carbonyl (C=O) groups is 2. The van der Waals surface area contributed by atoms with Crippen molar-refractivity contribution in [3.05, 3.63) is 47.1 Å². The predicted molar refractivity (Wildman–Crippen MR) is 159 cm³/mol. The fourth-order valence-electron chi connectivity index (χ4n) is 4.81. The van der Waals surface area contributed by atoms with Gasteiger partial charge in [-0.3, -0.25) is 14.8 Å². The third-order valence-electron chi connectivity index (χ3n) is 7.36. The fraction of sp³-hybridized carbons (Fsp3) is 0.393. The number of nitrogens with one attached hydrogen (secondary N) is 1. The zero-order chi connectivity index (χ0) is 30.4. The number of aromatic nitrogens is 3. The molecule has 5 rings (SSSR count). The molecule has 0 bridgehead atoms. The molecule has 0 spiro atoms. The monoisotopic (exact) mass is 596 g/mol. The Morgan fingerprint density at radius 2 is 1.79 bits per heavy atom.